The lowest BCUT2D eigenvalue weighted by molar-refractivity contribution is -0.147. The molecule has 278 valence electrons. The third-order valence-electron chi connectivity index (χ3n) is 10.0. The molecule has 1 aliphatic rings. The third kappa shape index (κ3) is 13.4. The van der Waals surface area contributed by atoms with Crippen LogP contribution in [0.4, 0.5) is 13.2 Å². The molecule has 0 N–H and O–H groups in total. The molecule has 0 amide bonds. The van der Waals surface area contributed by atoms with E-state index in [1.165, 1.54) is 12.1 Å². The molecule has 11 heteroatoms. The summed E-state index contributed by atoms with van der Waals surface area (Å²) in [5.74, 6) is -0.470. The summed E-state index contributed by atoms with van der Waals surface area (Å²) in [6.45, 7) is 25.2. The summed E-state index contributed by atoms with van der Waals surface area (Å²) in [6, 6.07) is 4.86. The first-order valence-corrected chi connectivity index (χ1v) is 23.4. The Balaban J connectivity index is 2.37. The van der Waals surface area contributed by atoms with Crippen LogP contribution < -0.4 is 4.74 Å². The number of unbranched alkanes of at least 4 members (excludes halogenated alkanes) is 1. The SMILES string of the molecule is CC(C)OC(=O)CCCC=CC[C@H]1C(=O)C[C@@H](O[Si](C)(C)C(C)(C)C)[C@@H]1C=C[C@H](COc1cccc(C(F)(F)F)c1)O[Si](C)(C)C(C)(C)C. The summed E-state index contributed by atoms with van der Waals surface area (Å²) in [5, 5.41) is -0.169. The quantitative estimate of drug-likeness (QED) is 0.0731. The molecule has 0 unspecified atom stereocenters. The molecule has 4 atom stereocenters. The Morgan fingerprint density at radius 1 is 0.980 bits per heavy atom. The smallest absolute Gasteiger partial charge is 0.416 e. The molecule has 0 spiro atoms. The van der Waals surface area contributed by atoms with E-state index in [1.807, 2.05) is 38.2 Å². The van der Waals surface area contributed by atoms with E-state index in [0.29, 0.717) is 32.1 Å². The van der Waals surface area contributed by atoms with Gasteiger partial charge in [0.1, 0.15) is 18.1 Å². The molecular weight excluding hydrogens is 666 g/mol. The second kappa shape index (κ2) is 17.3. The van der Waals surface area contributed by atoms with Gasteiger partial charge in [0.2, 0.25) is 0 Å². The molecule has 1 aromatic rings. The Hall–Kier alpha value is -2.22. The summed E-state index contributed by atoms with van der Waals surface area (Å²) < 4.78 is 64.9. The summed E-state index contributed by atoms with van der Waals surface area (Å²) in [4.78, 5) is 25.4. The molecular formula is C38H61F3O6Si2. The largest absolute Gasteiger partial charge is 0.491 e. The number of carbonyl (C=O) groups excluding carboxylic acids is 2. The lowest BCUT2D eigenvalue weighted by atomic mass is 9.90. The Morgan fingerprint density at radius 3 is 2.18 bits per heavy atom. The molecule has 0 radical (unpaired) electrons. The minimum absolute atomic E-state index is 0.0164. The van der Waals surface area contributed by atoms with Crippen LogP contribution in [0.5, 0.6) is 5.75 Å². The van der Waals surface area contributed by atoms with Crippen molar-refractivity contribution in [3.05, 3.63) is 54.1 Å². The molecule has 0 saturated heterocycles. The highest BCUT2D eigenvalue weighted by molar-refractivity contribution is 6.74. The van der Waals surface area contributed by atoms with Gasteiger partial charge in [-0.1, -0.05) is 71.9 Å². The van der Waals surface area contributed by atoms with Crippen molar-refractivity contribution < 1.29 is 41.1 Å². The first-order valence-electron chi connectivity index (χ1n) is 17.6. The van der Waals surface area contributed by atoms with Gasteiger partial charge in [-0.3, -0.25) is 9.59 Å². The first-order chi connectivity index (χ1) is 22.3. The van der Waals surface area contributed by atoms with Gasteiger partial charge in [-0.2, -0.15) is 13.2 Å². The van der Waals surface area contributed by atoms with Gasteiger partial charge in [-0.05, 0) is 87.6 Å². The van der Waals surface area contributed by atoms with E-state index in [4.69, 9.17) is 18.3 Å². The topological polar surface area (TPSA) is 71.1 Å². The van der Waals surface area contributed by atoms with Crippen molar-refractivity contribution in [2.24, 2.45) is 11.8 Å². The molecule has 1 fully saturated rings. The van der Waals surface area contributed by atoms with Crippen molar-refractivity contribution in [2.45, 2.75) is 148 Å². The number of allylic oxidation sites excluding steroid dienone is 2. The maximum absolute atomic E-state index is 13.5. The fraction of sp³-hybridized carbons (Fsp3) is 0.684. The lowest BCUT2D eigenvalue weighted by Gasteiger charge is -2.40. The summed E-state index contributed by atoms with van der Waals surface area (Å²) in [6.07, 6.45) is 5.09. The van der Waals surface area contributed by atoms with Crippen LogP contribution in [0.15, 0.2) is 48.6 Å². The molecule has 6 nitrogen and oxygen atoms in total. The van der Waals surface area contributed by atoms with E-state index in [-0.39, 0.29) is 58.2 Å². The van der Waals surface area contributed by atoms with Crippen LogP contribution >= 0.6 is 0 Å². The summed E-state index contributed by atoms with van der Waals surface area (Å²) >= 11 is 0. The van der Waals surface area contributed by atoms with E-state index in [2.05, 4.69) is 67.7 Å². The maximum atomic E-state index is 13.5. The van der Waals surface area contributed by atoms with E-state index in [0.717, 1.165) is 12.1 Å². The minimum atomic E-state index is -4.48. The van der Waals surface area contributed by atoms with Gasteiger partial charge in [-0.25, -0.2) is 0 Å². The molecule has 0 aliphatic heterocycles. The molecule has 2 rings (SSSR count). The van der Waals surface area contributed by atoms with Gasteiger partial charge < -0.3 is 18.3 Å². The molecule has 1 aliphatic carbocycles. The minimum Gasteiger partial charge on any atom is -0.491 e. The Labute approximate surface area is 295 Å². The zero-order chi connectivity index (χ0) is 37.4. The highest BCUT2D eigenvalue weighted by atomic mass is 28.4. The molecule has 49 heavy (non-hydrogen) atoms. The zero-order valence-corrected chi connectivity index (χ0v) is 33.8. The van der Waals surface area contributed by atoms with Crippen molar-refractivity contribution >= 4 is 28.4 Å². The highest BCUT2D eigenvalue weighted by Crippen LogP contribution is 2.43. The monoisotopic (exact) mass is 726 g/mol. The number of carbonyl (C=O) groups is 2. The standard InChI is InChI=1S/C38H61F3O6Si2/c1-27(2)45-35(43)21-16-14-13-15-20-31-32(34(25-33(31)42)47-49(11,12)37(6,7)8)23-22-30(46-48(9,10)36(3,4)5)26-44-29-19-17-18-28(24-29)38(39,40)41/h13,15,17-19,22-24,27,30-32,34H,14,16,20-21,25-26H2,1-12H3/t30-,31-,32-,34-/m1/s1. The van der Waals surface area contributed by atoms with Gasteiger partial charge in [0.25, 0.3) is 0 Å². The number of hydrogen-bond acceptors (Lipinski definition) is 6. The number of hydrogen-bond donors (Lipinski definition) is 0. The summed E-state index contributed by atoms with van der Waals surface area (Å²) in [5.41, 5.74) is -0.774. The Bertz CT molecular complexity index is 1290. The molecule has 0 heterocycles. The van der Waals surface area contributed by atoms with Crippen molar-refractivity contribution in [3.63, 3.8) is 0 Å². The van der Waals surface area contributed by atoms with E-state index >= 15 is 0 Å². The number of ketones is 1. The predicted octanol–water partition coefficient (Wildman–Crippen LogP) is 10.7. The van der Waals surface area contributed by atoms with Gasteiger partial charge in [0, 0.05) is 24.7 Å². The fourth-order valence-electron chi connectivity index (χ4n) is 5.11. The highest BCUT2D eigenvalue weighted by Gasteiger charge is 2.47. The van der Waals surface area contributed by atoms with Gasteiger partial charge >= 0.3 is 12.1 Å². The molecule has 1 aromatic carbocycles. The Morgan fingerprint density at radius 2 is 1.61 bits per heavy atom. The van der Waals surface area contributed by atoms with Crippen LogP contribution in [0.2, 0.25) is 36.3 Å². The first kappa shape index (κ1) is 42.9. The Kier molecular flexibility index (Phi) is 15.2. The van der Waals surface area contributed by atoms with E-state index in [9.17, 15) is 22.8 Å². The fourth-order valence-corrected chi connectivity index (χ4v) is 7.71. The van der Waals surface area contributed by atoms with Crippen molar-refractivity contribution in [2.75, 3.05) is 6.61 Å². The van der Waals surface area contributed by atoms with Crippen LogP contribution in [0.1, 0.15) is 93.1 Å². The van der Waals surface area contributed by atoms with Gasteiger partial charge in [0.05, 0.1) is 23.9 Å². The maximum Gasteiger partial charge on any atom is 0.416 e. The van der Waals surface area contributed by atoms with Crippen LogP contribution in [-0.2, 0) is 29.4 Å². The van der Waals surface area contributed by atoms with Crippen LogP contribution in [0.3, 0.4) is 0 Å². The molecule has 1 saturated carbocycles. The lowest BCUT2D eigenvalue weighted by Crippen LogP contribution is -2.45. The van der Waals surface area contributed by atoms with E-state index in [1.54, 1.807) is 0 Å². The second-order valence-electron chi connectivity index (χ2n) is 16.5. The second-order valence-corrected chi connectivity index (χ2v) is 26.1. The van der Waals surface area contributed by atoms with E-state index < -0.39 is 34.5 Å². The normalized spacial score (nSPS) is 20.5. The number of Topliss-reactive ketones (excluding diaryl/α,β-unsaturated/α-hetero) is 1. The number of rotatable bonds is 16. The number of esters is 1. The number of halogens is 3. The van der Waals surface area contributed by atoms with Gasteiger partial charge in [0.15, 0.2) is 16.6 Å². The predicted molar refractivity (Wildman–Crippen MR) is 196 cm³/mol. The van der Waals surface area contributed by atoms with Crippen LogP contribution in [0, 0.1) is 11.8 Å². The van der Waals surface area contributed by atoms with Crippen molar-refractivity contribution in [3.8, 4) is 5.75 Å². The van der Waals surface area contributed by atoms with Crippen molar-refractivity contribution in [1.82, 2.24) is 0 Å². The average Bonchev–Trinajstić information content (AvgIpc) is 3.22. The number of benzene rings is 1. The molecule has 0 aromatic heterocycles. The third-order valence-corrected chi connectivity index (χ3v) is 19.0. The zero-order valence-electron chi connectivity index (χ0n) is 31.8. The van der Waals surface area contributed by atoms with Crippen LogP contribution in [0.25, 0.3) is 0 Å². The van der Waals surface area contributed by atoms with Crippen LogP contribution in [-0.4, -0.2) is 53.3 Å². The summed E-state index contributed by atoms with van der Waals surface area (Å²) in [7, 11) is -4.56. The number of ether oxygens (including phenoxy) is 2. The number of alkyl halides is 3. The average molecular weight is 727 g/mol. The van der Waals surface area contributed by atoms with Crippen molar-refractivity contribution in [1.29, 1.82) is 0 Å². The molecule has 0 bridgehead atoms. The van der Waals surface area contributed by atoms with Gasteiger partial charge in [-0.15, -0.1) is 0 Å².